The summed E-state index contributed by atoms with van der Waals surface area (Å²) in [6, 6.07) is 10.2. The number of halogens is 3. The Kier molecular flexibility index (Phi) is 5.41. The van der Waals surface area contributed by atoms with E-state index in [4.69, 9.17) is 23.2 Å². The zero-order valence-electron chi connectivity index (χ0n) is 11.2. The van der Waals surface area contributed by atoms with Gasteiger partial charge in [0.2, 0.25) is 0 Å². The summed E-state index contributed by atoms with van der Waals surface area (Å²) in [4.78, 5) is 0. The van der Waals surface area contributed by atoms with E-state index in [0.29, 0.717) is 16.6 Å². The zero-order chi connectivity index (χ0) is 14.5. The van der Waals surface area contributed by atoms with Crippen molar-refractivity contribution in [1.82, 2.24) is 5.32 Å². The van der Waals surface area contributed by atoms with Crippen molar-refractivity contribution in [2.45, 2.75) is 19.9 Å². The smallest absolute Gasteiger partial charge is 0.125 e. The van der Waals surface area contributed by atoms with E-state index in [1.165, 1.54) is 12.1 Å². The highest BCUT2D eigenvalue weighted by molar-refractivity contribution is 6.31. The molecule has 2 aromatic carbocycles. The SMILES string of the molecule is CCCNCc1cc(Cl)ccc1-c1cc(F)cc(Cl)c1. The largest absolute Gasteiger partial charge is 0.313 e. The number of hydrogen-bond acceptors (Lipinski definition) is 1. The van der Waals surface area contributed by atoms with Crippen LogP contribution in [-0.2, 0) is 6.54 Å². The summed E-state index contributed by atoms with van der Waals surface area (Å²) in [5.74, 6) is -0.338. The van der Waals surface area contributed by atoms with E-state index in [-0.39, 0.29) is 5.82 Å². The Hall–Kier alpha value is -1.09. The number of rotatable bonds is 5. The van der Waals surface area contributed by atoms with Crippen LogP contribution in [0, 0.1) is 5.82 Å². The van der Waals surface area contributed by atoms with Gasteiger partial charge in [0.1, 0.15) is 5.82 Å². The van der Waals surface area contributed by atoms with Gasteiger partial charge in [-0.2, -0.15) is 0 Å². The molecule has 0 aliphatic carbocycles. The molecule has 0 saturated heterocycles. The summed E-state index contributed by atoms with van der Waals surface area (Å²) in [6.45, 7) is 3.73. The van der Waals surface area contributed by atoms with Gasteiger partial charge < -0.3 is 5.32 Å². The molecule has 4 heteroatoms. The fraction of sp³-hybridized carbons (Fsp3) is 0.250. The molecule has 1 N–H and O–H groups in total. The molecule has 2 aromatic rings. The van der Waals surface area contributed by atoms with Gasteiger partial charge in [0.15, 0.2) is 0 Å². The van der Waals surface area contributed by atoms with Gasteiger partial charge >= 0.3 is 0 Å². The second kappa shape index (κ2) is 7.07. The molecule has 0 atom stereocenters. The van der Waals surface area contributed by atoms with Crippen molar-refractivity contribution in [2.75, 3.05) is 6.54 Å². The monoisotopic (exact) mass is 311 g/mol. The average molecular weight is 312 g/mol. The molecular formula is C16H16Cl2FN. The van der Waals surface area contributed by atoms with Gasteiger partial charge in [-0.1, -0.05) is 36.2 Å². The highest BCUT2D eigenvalue weighted by Crippen LogP contribution is 2.29. The highest BCUT2D eigenvalue weighted by Gasteiger charge is 2.08. The minimum Gasteiger partial charge on any atom is -0.313 e. The second-order valence-electron chi connectivity index (χ2n) is 4.64. The fourth-order valence-electron chi connectivity index (χ4n) is 2.10. The lowest BCUT2D eigenvalue weighted by Gasteiger charge is -2.12. The molecule has 0 unspecified atom stereocenters. The molecule has 0 aliphatic heterocycles. The van der Waals surface area contributed by atoms with Crippen LogP contribution in [0.1, 0.15) is 18.9 Å². The van der Waals surface area contributed by atoms with Crippen LogP contribution in [0.2, 0.25) is 10.0 Å². The van der Waals surface area contributed by atoms with Crippen molar-refractivity contribution in [2.24, 2.45) is 0 Å². The Morgan fingerprint density at radius 3 is 2.55 bits per heavy atom. The molecular weight excluding hydrogens is 296 g/mol. The standard InChI is InChI=1S/C16H16Cl2FN/c1-2-5-20-10-12-7-13(17)3-4-16(12)11-6-14(18)9-15(19)8-11/h3-4,6-9,20H,2,5,10H2,1H3. The molecule has 2 rings (SSSR count). The van der Waals surface area contributed by atoms with E-state index in [0.717, 1.165) is 29.7 Å². The topological polar surface area (TPSA) is 12.0 Å². The molecule has 0 bridgehead atoms. The lowest BCUT2D eigenvalue weighted by Crippen LogP contribution is -2.14. The average Bonchev–Trinajstić information content (AvgIpc) is 2.38. The first-order valence-electron chi connectivity index (χ1n) is 6.55. The summed E-state index contributed by atoms with van der Waals surface area (Å²) in [5.41, 5.74) is 2.74. The first-order chi connectivity index (χ1) is 9.60. The Bertz CT molecular complexity index is 579. The van der Waals surface area contributed by atoms with Crippen LogP contribution in [0.4, 0.5) is 4.39 Å². The molecule has 0 aromatic heterocycles. The van der Waals surface area contributed by atoms with Gasteiger partial charge in [-0.25, -0.2) is 4.39 Å². The maximum Gasteiger partial charge on any atom is 0.125 e. The van der Waals surface area contributed by atoms with Crippen molar-refractivity contribution < 1.29 is 4.39 Å². The van der Waals surface area contributed by atoms with Crippen LogP contribution in [0.3, 0.4) is 0 Å². The predicted octanol–water partition coefficient (Wildman–Crippen LogP) is 5.30. The van der Waals surface area contributed by atoms with Gasteiger partial charge in [-0.05, 0) is 60.0 Å². The van der Waals surface area contributed by atoms with Crippen molar-refractivity contribution in [3.8, 4) is 11.1 Å². The first kappa shape index (κ1) is 15.3. The normalized spacial score (nSPS) is 10.8. The Morgan fingerprint density at radius 2 is 1.85 bits per heavy atom. The summed E-state index contributed by atoms with van der Waals surface area (Å²) in [5, 5.41) is 4.39. The second-order valence-corrected chi connectivity index (χ2v) is 5.51. The van der Waals surface area contributed by atoms with Gasteiger partial charge in [0.05, 0.1) is 0 Å². The minimum atomic E-state index is -0.338. The van der Waals surface area contributed by atoms with Crippen LogP contribution in [0.25, 0.3) is 11.1 Å². The van der Waals surface area contributed by atoms with E-state index in [1.54, 1.807) is 12.1 Å². The quantitative estimate of drug-likeness (QED) is 0.739. The summed E-state index contributed by atoms with van der Waals surface area (Å²) >= 11 is 12.0. The predicted molar refractivity (Wildman–Crippen MR) is 83.9 cm³/mol. The Labute approximate surface area is 128 Å². The fourth-order valence-corrected chi connectivity index (χ4v) is 2.52. The third kappa shape index (κ3) is 3.95. The molecule has 0 aliphatic rings. The van der Waals surface area contributed by atoms with Crippen LogP contribution in [0.5, 0.6) is 0 Å². The molecule has 106 valence electrons. The van der Waals surface area contributed by atoms with E-state index in [1.807, 2.05) is 12.1 Å². The van der Waals surface area contributed by atoms with Crippen molar-refractivity contribution in [3.05, 3.63) is 57.8 Å². The first-order valence-corrected chi connectivity index (χ1v) is 7.31. The van der Waals surface area contributed by atoms with E-state index >= 15 is 0 Å². The van der Waals surface area contributed by atoms with Gasteiger partial charge in [0.25, 0.3) is 0 Å². The molecule has 0 heterocycles. The Morgan fingerprint density at radius 1 is 1.05 bits per heavy atom. The minimum absolute atomic E-state index is 0.338. The number of benzene rings is 2. The maximum atomic E-state index is 13.5. The van der Waals surface area contributed by atoms with Crippen molar-refractivity contribution in [1.29, 1.82) is 0 Å². The van der Waals surface area contributed by atoms with Gasteiger partial charge in [0, 0.05) is 16.6 Å². The van der Waals surface area contributed by atoms with Crippen LogP contribution >= 0.6 is 23.2 Å². The molecule has 1 nitrogen and oxygen atoms in total. The summed E-state index contributed by atoms with van der Waals surface area (Å²) < 4.78 is 13.5. The molecule has 0 fully saturated rings. The lowest BCUT2D eigenvalue weighted by molar-refractivity contribution is 0.628. The molecule has 20 heavy (non-hydrogen) atoms. The van der Waals surface area contributed by atoms with Crippen molar-refractivity contribution >= 4 is 23.2 Å². The van der Waals surface area contributed by atoms with Gasteiger partial charge in [-0.15, -0.1) is 0 Å². The van der Waals surface area contributed by atoms with Crippen molar-refractivity contribution in [3.63, 3.8) is 0 Å². The van der Waals surface area contributed by atoms with Crippen LogP contribution in [0.15, 0.2) is 36.4 Å². The third-order valence-corrected chi connectivity index (χ3v) is 3.44. The molecule has 0 saturated carbocycles. The molecule has 0 radical (unpaired) electrons. The van der Waals surface area contributed by atoms with Gasteiger partial charge in [-0.3, -0.25) is 0 Å². The van der Waals surface area contributed by atoms with Crippen LogP contribution in [-0.4, -0.2) is 6.54 Å². The number of hydrogen-bond donors (Lipinski definition) is 1. The molecule has 0 spiro atoms. The highest BCUT2D eigenvalue weighted by atomic mass is 35.5. The summed E-state index contributed by atoms with van der Waals surface area (Å²) in [6.07, 6.45) is 1.06. The maximum absolute atomic E-state index is 13.5. The Balaban J connectivity index is 2.39. The molecule has 0 amide bonds. The summed E-state index contributed by atoms with van der Waals surface area (Å²) in [7, 11) is 0. The van der Waals surface area contributed by atoms with E-state index in [9.17, 15) is 4.39 Å². The number of nitrogens with one attached hydrogen (secondary N) is 1. The zero-order valence-corrected chi connectivity index (χ0v) is 12.7. The van der Waals surface area contributed by atoms with E-state index in [2.05, 4.69) is 12.2 Å². The van der Waals surface area contributed by atoms with E-state index < -0.39 is 0 Å². The lowest BCUT2D eigenvalue weighted by atomic mass is 9.99. The third-order valence-electron chi connectivity index (χ3n) is 2.98. The van der Waals surface area contributed by atoms with Crippen LogP contribution < -0.4 is 5.32 Å².